The number of benzene rings is 1. The molecular weight excluding hydrogens is 292 g/mol. The second-order valence-electron chi connectivity index (χ2n) is 6.40. The third-order valence-corrected chi connectivity index (χ3v) is 6.04. The molecule has 1 saturated heterocycles. The highest BCUT2D eigenvalue weighted by Gasteiger charge is 2.40. The summed E-state index contributed by atoms with van der Waals surface area (Å²) in [5.74, 6) is 0.701. The monoisotopic (exact) mass is 312 g/mol. The zero-order valence-corrected chi connectivity index (χ0v) is 13.5. The Morgan fingerprint density at radius 3 is 2.82 bits per heavy atom. The number of fused-ring (bicyclic) bond motifs is 2. The van der Waals surface area contributed by atoms with Crippen LogP contribution in [0.15, 0.2) is 36.4 Å². The van der Waals surface area contributed by atoms with Gasteiger partial charge in [0.05, 0.1) is 4.88 Å². The minimum Gasteiger partial charge on any atom is -0.348 e. The van der Waals surface area contributed by atoms with E-state index in [4.69, 9.17) is 0 Å². The van der Waals surface area contributed by atoms with Crippen molar-refractivity contribution in [2.75, 3.05) is 6.54 Å². The van der Waals surface area contributed by atoms with Gasteiger partial charge >= 0.3 is 0 Å². The van der Waals surface area contributed by atoms with Crippen molar-refractivity contribution in [3.63, 3.8) is 0 Å². The van der Waals surface area contributed by atoms with Crippen molar-refractivity contribution in [3.8, 4) is 10.4 Å². The summed E-state index contributed by atoms with van der Waals surface area (Å²) in [6, 6.07) is 13.3. The van der Waals surface area contributed by atoms with Crippen LogP contribution >= 0.6 is 11.3 Å². The zero-order valence-electron chi connectivity index (χ0n) is 12.6. The van der Waals surface area contributed by atoms with Crippen molar-refractivity contribution in [2.45, 2.75) is 31.8 Å². The van der Waals surface area contributed by atoms with Crippen LogP contribution in [0.4, 0.5) is 0 Å². The molecule has 0 spiro atoms. The molecule has 2 heterocycles. The average Bonchev–Trinajstić information content (AvgIpc) is 3.24. The summed E-state index contributed by atoms with van der Waals surface area (Å²) in [6.45, 7) is 3.16. The minimum absolute atomic E-state index is 0.0855. The minimum atomic E-state index is 0.0855. The molecule has 2 N–H and O–H groups in total. The molecule has 2 bridgehead atoms. The quantitative estimate of drug-likeness (QED) is 0.914. The predicted octanol–water partition coefficient (Wildman–Crippen LogP) is 3.20. The fourth-order valence-electron chi connectivity index (χ4n) is 3.71. The van der Waals surface area contributed by atoms with E-state index in [1.54, 1.807) is 11.3 Å². The largest absolute Gasteiger partial charge is 0.348 e. The highest BCUT2D eigenvalue weighted by molar-refractivity contribution is 7.17. The van der Waals surface area contributed by atoms with Crippen LogP contribution in [-0.4, -0.2) is 24.5 Å². The molecule has 0 radical (unpaired) electrons. The van der Waals surface area contributed by atoms with E-state index in [-0.39, 0.29) is 5.91 Å². The highest BCUT2D eigenvalue weighted by Crippen LogP contribution is 2.33. The molecule has 1 aromatic carbocycles. The average molecular weight is 312 g/mol. The molecule has 3 unspecified atom stereocenters. The maximum Gasteiger partial charge on any atom is 0.261 e. The summed E-state index contributed by atoms with van der Waals surface area (Å²) in [7, 11) is 0. The molecule has 1 aliphatic heterocycles. The third kappa shape index (κ3) is 2.46. The molecule has 1 amide bonds. The summed E-state index contributed by atoms with van der Waals surface area (Å²) < 4.78 is 0. The second-order valence-corrected chi connectivity index (χ2v) is 7.48. The number of carbonyl (C=O) groups is 1. The molecule has 114 valence electrons. The molecule has 4 rings (SSSR count). The van der Waals surface area contributed by atoms with Crippen LogP contribution in [0.1, 0.15) is 28.1 Å². The van der Waals surface area contributed by atoms with Crippen molar-refractivity contribution in [1.82, 2.24) is 10.6 Å². The Balaban J connectivity index is 1.49. The van der Waals surface area contributed by atoms with Crippen LogP contribution in [0.3, 0.4) is 0 Å². The van der Waals surface area contributed by atoms with E-state index in [0.717, 1.165) is 22.7 Å². The lowest BCUT2D eigenvalue weighted by atomic mass is 10.0. The number of carbonyl (C=O) groups excluding carboxylic acids is 1. The van der Waals surface area contributed by atoms with Crippen molar-refractivity contribution in [3.05, 3.63) is 46.8 Å². The van der Waals surface area contributed by atoms with Crippen LogP contribution in [-0.2, 0) is 0 Å². The van der Waals surface area contributed by atoms with Crippen LogP contribution < -0.4 is 10.6 Å². The van der Waals surface area contributed by atoms with Gasteiger partial charge in [-0.25, -0.2) is 0 Å². The Hall–Kier alpha value is -1.65. The van der Waals surface area contributed by atoms with Crippen molar-refractivity contribution < 1.29 is 4.79 Å². The lowest BCUT2D eigenvalue weighted by Crippen LogP contribution is -2.43. The fraction of sp³-hybridized carbons (Fsp3) is 0.389. The van der Waals surface area contributed by atoms with Gasteiger partial charge in [-0.05, 0) is 48.9 Å². The first kappa shape index (κ1) is 14.0. The Morgan fingerprint density at radius 2 is 2.09 bits per heavy atom. The van der Waals surface area contributed by atoms with Crippen molar-refractivity contribution in [1.29, 1.82) is 0 Å². The lowest BCUT2D eigenvalue weighted by Gasteiger charge is -2.23. The van der Waals surface area contributed by atoms with Crippen LogP contribution in [0.5, 0.6) is 0 Å². The molecule has 22 heavy (non-hydrogen) atoms. The van der Waals surface area contributed by atoms with E-state index in [0.29, 0.717) is 18.0 Å². The van der Waals surface area contributed by atoms with Gasteiger partial charge in [0, 0.05) is 23.5 Å². The lowest BCUT2D eigenvalue weighted by molar-refractivity contribution is 0.0929. The Labute approximate surface area is 134 Å². The molecule has 2 aliphatic rings. The molecule has 2 fully saturated rings. The SMILES string of the molecule is Cc1ccccc1-c1ccc(C(=O)NC2CC3CC2CN3)s1. The number of thiophene rings is 1. The zero-order chi connectivity index (χ0) is 15.1. The first-order chi connectivity index (χ1) is 10.7. The van der Waals surface area contributed by atoms with Gasteiger partial charge < -0.3 is 10.6 Å². The molecule has 1 aromatic heterocycles. The van der Waals surface area contributed by atoms with Gasteiger partial charge in [-0.15, -0.1) is 11.3 Å². The van der Waals surface area contributed by atoms with Crippen molar-refractivity contribution >= 4 is 17.2 Å². The molecule has 4 heteroatoms. The van der Waals surface area contributed by atoms with Gasteiger partial charge in [0.1, 0.15) is 0 Å². The van der Waals surface area contributed by atoms with Crippen LogP contribution in [0, 0.1) is 12.8 Å². The topological polar surface area (TPSA) is 41.1 Å². The molecule has 2 aromatic rings. The summed E-state index contributed by atoms with van der Waals surface area (Å²) in [5, 5.41) is 6.72. The van der Waals surface area contributed by atoms with E-state index in [1.165, 1.54) is 17.5 Å². The normalized spacial score (nSPS) is 26.3. The highest BCUT2D eigenvalue weighted by atomic mass is 32.1. The first-order valence-electron chi connectivity index (χ1n) is 7.91. The van der Waals surface area contributed by atoms with Crippen molar-refractivity contribution in [2.24, 2.45) is 5.92 Å². The maximum absolute atomic E-state index is 12.5. The third-order valence-electron chi connectivity index (χ3n) is 4.92. The van der Waals surface area contributed by atoms with Gasteiger partial charge in [-0.3, -0.25) is 4.79 Å². The molecule has 1 aliphatic carbocycles. The van der Waals surface area contributed by atoms with Gasteiger partial charge in [0.15, 0.2) is 0 Å². The molecule has 3 atom stereocenters. The Morgan fingerprint density at radius 1 is 1.23 bits per heavy atom. The van der Waals surface area contributed by atoms with Gasteiger partial charge in [-0.2, -0.15) is 0 Å². The number of amides is 1. The van der Waals surface area contributed by atoms with Crippen LogP contribution in [0.2, 0.25) is 0 Å². The van der Waals surface area contributed by atoms with Gasteiger partial charge in [0.2, 0.25) is 0 Å². The van der Waals surface area contributed by atoms with Gasteiger partial charge in [0.25, 0.3) is 5.91 Å². The number of piperidine rings is 1. The van der Waals surface area contributed by atoms with E-state index >= 15 is 0 Å². The van der Waals surface area contributed by atoms with Gasteiger partial charge in [-0.1, -0.05) is 24.3 Å². The standard InChI is InChI=1S/C18H20N2OS/c1-11-4-2-3-5-14(11)16-6-7-17(22-16)18(21)20-15-9-13-8-12(15)10-19-13/h2-7,12-13,15,19H,8-10H2,1H3,(H,20,21). The number of hydrogen-bond donors (Lipinski definition) is 2. The Kier molecular flexibility index (Phi) is 3.51. The number of aryl methyl sites for hydroxylation is 1. The second kappa shape index (κ2) is 5.52. The fourth-order valence-corrected chi connectivity index (χ4v) is 4.71. The molecule has 3 nitrogen and oxygen atoms in total. The van der Waals surface area contributed by atoms with E-state index in [2.05, 4.69) is 35.8 Å². The Bertz CT molecular complexity index is 709. The summed E-state index contributed by atoms with van der Waals surface area (Å²) >= 11 is 1.58. The van der Waals surface area contributed by atoms with E-state index < -0.39 is 0 Å². The molecular formula is C18H20N2OS. The molecule has 1 saturated carbocycles. The predicted molar refractivity (Wildman–Crippen MR) is 90.3 cm³/mol. The van der Waals surface area contributed by atoms with E-state index in [9.17, 15) is 4.79 Å². The summed E-state index contributed by atoms with van der Waals surface area (Å²) in [6.07, 6.45) is 2.29. The summed E-state index contributed by atoms with van der Waals surface area (Å²) in [5.41, 5.74) is 2.46. The van der Waals surface area contributed by atoms with E-state index in [1.807, 2.05) is 18.2 Å². The maximum atomic E-state index is 12.5. The van der Waals surface area contributed by atoms with Crippen LogP contribution in [0.25, 0.3) is 10.4 Å². The first-order valence-corrected chi connectivity index (χ1v) is 8.72. The number of rotatable bonds is 3. The number of nitrogens with one attached hydrogen (secondary N) is 2. The summed E-state index contributed by atoms with van der Waals surface area (Å²) in [4.78, 5) is 14.5. The number of hydrogen-bond acceptors (Lipinski definition) is 3. The smallest absolute Gasteiger partial charge is 0.261 e.